The van der Waals surface area contributed by atoms with Crippen molar-refractivity contribution in [1.82, 2.24) is 0 Å². The number of fused-ring (bicyclic) bond motifs is 2. The van der Waals surface area contributed by atoms with Gasteiger partial charge in [0.25, 0.3) is 0 Å². The number of ketones is 1. The van der Waals surface area contributed by atoms with E-state index in [4.69, 9.17) is 30.0 Å². The Bertz CT molecular complexity index is 3360. The molecule has 1 heterocycles. The average Bonchev–Trinajstić information content (AvgIpc) is 1.52. The van der Waals surface area contributed by atoms with E-state index < -0.39 is 80.8 Å². The number of ether oxygens (including phenoxy) is 1. The van der Waals surface area contributed by atoms with Crippen molar-refractivity contribution >= 4 is 40.2 Å². The molecule has 536 valence electrons. The van der Waals surface area contributed by atoms with Gasteiger partial charge in [0.05, 0.1) is 23.4 Å². The van der Waals surface area contributed by atoms with E-state index in [1.807, 2.05) is 92.5 Å². The highest BCUT2D eigenvalue weighted by atomic mass is 31.2. The molecule has 7 nitrogen and oxygen atoms in total. The average molecular weight is 1380 g/mol. The van der Waals surface area contributed by atoms with Crippen LogP contribution in [-0.2, 0) is 22.9 Å². The van der Waals surface area contributed by atoms with Crippen molar-refractivity contribution in [3.63, 3.8) is 0 Å². The second-order valence-electron chi connectivity index (χ2n) is 33.0. The number of benzene rings is 2. The number of allylic oxidation sites excluding steroid dienone is 6. The Balaban J connectivity index is 0.000000241. The molecule has 95 heavy (non-hydrogen) atoms. The summed E-state index contributed by atoms with van der Waals surface area (Å²) in [5.41, 5.74) is -0.333. The molecule has 0 bridgehead atoms. The van der Waals surface area contributed by atoms with Gasteiger partial charge >= 0.3 is 0 Å². The maximum Gasteiger partial charge on any atom is 0.192 e. The molecular formula is C83H135F2O7PSi2. The minimum absolute atomic E-state index is 0. The molecule has 6 unspecified atom stereocenters. The van der Waals surface area contributed by atoms with E-state index in [1.54, 1.807) is 0 Å². The lowest BCUT2D eigenvalue weighted by Crippen LogP contribution is -2.45. The lowest BCUT2D eigenvalue weighted by atomic mass is 9.59. The SMILES string of the molecule is C.C.C1CCOC1.C=C1/C(=C\CP(=O)(c2ccccc2)c2ccccc2)CC(O[Si](C)(C)C(C)(C)C)C[C@@H]1F.[2H]C([2H])([2H])C(CCCC1(C2CCC3C(=O)CCC[C@@]32C)CC1)(O[Si](C)(C)C)C([2H])([2H])[2H].[2H]C([2H])([2H])C(O)(CCCC1(C2CCC3/C(=C/C=C4/CC(O)C[C@H](F)C4=C)CCC[C@@]32C)CC1)C([2H])([2H])[2H]. The molecule has 0 amide bonds. The van der Waals surface area contributed by atoms with Crippen molar-refractivity contribution in [1.29, 1.82) is 0 Å². The maximum absolute atomic E-state index is 14.9. The molecule has 2 aromatic carbocycles. The smallest absolute Gasteiger partial charge is 0.192 e. The summed E-state index contributed by atoms with van der Waals surface area (Å²) in [5.74, 6) is 2.02. The van der Waals surface area contributed by atoms with E-state index >= 15 is 0 Å². The van der Waals surface area contributed by atoms with Crippen LogP contribution in [0.2, 0.25) is 37.8 Å². The normalized spacial score (nSPS) is 33.3. The third kappa shape index (κ3) is 20.7. The summed E-state index contributed by atoms with van der Waals surface area (Å²) in [4.78, 5) is 12.5. The van der Waals surface area contributed by atoms with E-state index in [0.29, 0.717) is 79.4 Å². The molecule has 2 aromatic rings. The molecule has 0 spiro atoms. The Labute approximate surface area is 598 Å². The van der Waals surface area contributed by atoms with E-state index in [2.05, 4.69) is 66.9 Å². The summed E-state index contributed by atoms with van der Waals surface area (Å²) in [6, 6.07) is 19.2. The molecule has 9 aliphatic rings. The Morgan fingerprint density at radius 3 is 1.72 bits per heavy atom. The monoisotopic (exact) mass is 1380 g/mol. The second-order valence-corrected chi connectivity index (χ2v) is 45.0. The molecule has 12 heteroatoms. The van der Waals surface area contributed by atoms with Crippen LogP contribution in [0.25, 0.3) is 0 Å². The Morgan fingerprint density at radius 1 is 0.695 bits per heavy atom. The zero-order chi connectivity index (χ0) is 78.1. The molecule has 8 aliphatic carbocycles. The number of aliphatic hydroxyl groups excluding tert-OH is 1. The van der Waals surface area contributed by atoms with Gasteiger partial charge in [-0.2, -0.15) is 0 Å². The van der Waals surface area contributed by atoms with Crippen LogP contribution in [0.15, 0.2) is 120 Å². The molecule has 10 atom stereocenters. The lowest BCUT2D eigenvalue weighted by molar-refractivity contribution is -0.130. The summed E-state index contributed by atoms with van der Waals surface area (Å²) in [6.07, 6.45) is 24.2. The number of hydrogen-bond acceptors (Lipinski definition) is 7. The van der Waals surface area contributed by atoms with Gasteiger partial charge in [-0.3, -0.25) is 4.79 Å². The van der Waals surface area contributed by atoms with E-state index in [9.17, 15) is 28.4 Å². The molecule has 9 fully saturated rings. The van der Waals surface area contributed by atoms with Gasteiger partial charge in [-0.25, -0.2) is 8.78 Å². The standard InChI is InChI=1S/C28H43FO2.C27H36FO2PSi.C22H40O2Si.C4H8O.2CH4/c1-19-21(17-22(30)18-24(19)29)9-8-20-7-5-13-27(4)23(20)10-11-25(27)28(15-16-28)14-6-12-26(2,3)31;1-21-22(19-23(20-26(21)28)30-32(5,6)27(2,3)4)17-18-31(29,24-13-9-7-10-14-24)25-15-11-8-12-16-25;1-20(2,24-25(4,5)6)12-8-14-22(15-16-22)19-11-10-17-18(23)9-7-13-21(17,19)3;1-2-4-5-3-1;;/h8-9,22-25,30-31H,1,5-7,10-18H2,2-4H3;7-17,23,26H,1,18-20H2,2-6H3;17,19H,7-16H2,1-6H3;1-4H2;2*1H4/b20-8+,21-9-;22-17-;;;;/t22?,23?,24-,25?,27-;23?,26-;17?,19?,21-;;;/m000.../s1/i2D3,3D3;;1D3,2D3;;;. The van der Waals surface area contributed by atoms with Crippen molar-refractivity contribution in [2.24, 2.45) is 45.3 Å². The van der Waals surface area contributed by atoms with Crippen LogP contribution in [0, 0.1) is 45.3 Å². The van der Waals surface area contributed by atoms with Gasteiger partial charge in [-0.15, -0.1) is 0 Å². The van der Waals surface area contributed by atoms with Crippen LogP contribution < -0.4 is 10.6 Å². The van der Waals surface area contributed by atoms with Gasteiger partial charge in [0.1, 0.15) is 25.3 Å². The van der Waals surface area contributed by atoms with Crippen LogP contribution >= 0.6 is 7.14 Å². The van der Waals surface area contributed by atoms with Gasteiger partial charge in [0.15, 0.2) is 16.6 Å². The molecule has 1 aliphatic heterocycles. The summed E-state index contributed by atoms with van der Waals surface area (Å²) in [7, 11) is -7.33. The highest BCUT2D eigenvalue weighted by Gasteiger charge is 2.62. The number of Topliss-reactive ketones (excluding diaryl/α,β-unsaturated/α-hetero) is 1. The minimum atomic E-state index is -2.96. The van der Waals surface area contributed by atoms with Gasteiger partial charge < -0.3 is 28.4 Å². The first-order chi connectivity index (χ1) is 48.5. The fraction of sp³-hybridized carbons (Fsp3) is 0.723. The Hall–Kier alpha value is -2.87. The molecule has 0 radical (unpaired) electrons. The van der Waals surface area contributed by atoms with Crippen molar-refractivity contribution in [3.8, 4) is 0 Å². The number of aliphatic hydroxyl groups is 2. The van der Waals surface area contributed by atoms with Gasteiger partial charge in [-0.1, -0.05) is 160 Å². The highest BCUT2D eigenvalue weighted by Crippen LogP contribution is 2.71. The largest absolute Gasteiger partial charge is 0.413 e. The second kappa shape index (κ2) is 32.8. The lowest BCUT2D eigenvalue weighted by Gasteiger charge is -2.45. The van der Waals surface area contributed by atoms with Crippen molar-refractivity contribution in [3.05, 3.63) is 120 Å². The molecule has 8 saturated carbocycles. The zero-order valence-electron chi connectivity index (χ0n) is 70.7. The molecule has 2 N–H and O–H groups in total. The predicted molar refractivity (Wildman–Crippen MR) is 404 cm³/mol. The number of carbonyl (C=O) groups is 1. The Morgan fingerprint density at radius 2 is 1.21 bits per heavy atom. The van der Waals surface area contributed by atoms with E-state index in [0.717, 1.165) is 131 Å². The highest BCUT2D eigenvalue weighted by molar-refractivity contribution is 7.78. The van der Waals surface area contributed by atoms with Crippen LogP contribution in [0.3, 0.4) is 0 Å². The molecule has 11 rings (SSSR count). The van der Waals surface area contributed by atoms with E-state index in [1.165, 1.54) is 18.4 Å². The first kappa shape index (κ1) is 64.2. The fourth-order valence-electron chi connectivity index (χ4n) is 17.8. The number of alkyl halides is 2. The zero-order valence-corrected chi connectivity index (χ0v) is 61.6. The fourth-order valence-corrected chi connectivity index (χ4v) is 22.8. The topological polar surface area (TPSA) is 102 Å². The van der Waals surface area contributed by atoms with Gasteiger partial charge in [0, 0.05) is 71.6 Å². The molecular weight excluding hydrogens is 1230 g/mol. The number of halogens is 2. The van der Waals surface area contributed by atoms with Gasteiger partial charge in [-0.05, 0) is 262 Å². The number of carbonyl (C=O) groups excluding carboxylic acids is 1. The van der Waals surface area contributed by atoms with Crippen LogP contribution in [0.5, 0.6) is 0 Å². The summed E-state index contributed by atoms with van der Waals surface area (Å²) >= 11 is 0. The van der Waals surface area contributed by atoms with Crippen molar-refractivity contribution < 1.29 is 58.4 Å². The third-order valence-corrected chi connectivity index (χ3v) is 32.4. The van der Waals surface area contributed by atoms with Crippen LogP contribution in [0.4, 0.5) is 8.78 Å². The molecule has 0 aromatic heterocycles. The van der Waals surface area contributed by atoms with Crippen LogP contribution in [-0.4, -0.2) is 87.8 Å². The van der Waals surface area contributed by atoms with Crippen molar-refractivity contribution in [2.45, 2.75) is 317 Å². The summed E-state index contributed by atoms with van der Waals surface area (Å²) < 4.78 is 155. The third-order valence-electron chi connectivity index (χ3n) is 24.0. The predicted octanol–water partition coefficient (Wildman–Crippen LogP) is 22.3. The first-order valence-electron chi connectivity index (χ1n) is 41.8. The number of hydrogen-bond donors (Lipinski definition) is 2. The van der Waals surface area contributed by atoms with Crippen molar-refractivity contribution in [2.75, 3.05) is 19.4 Å². The number of rotatable bonds is 19. The van der Waals surface area contributed by atoms with Crippen LogP contribution in [0.1, 0.15) is 260 Å². The first-order valence-corrected chi connectivity index (χ1v) is 44.0. The minimum Gasteiger partial charge on any atom is -0.413 e. The Kier molecular flexibility index (Phi) is 22.2. The maximum atomic E-state index is 14.9. The molecule has 1 saturated heterocycles. The van der Waals surface area contributed by atoms with Gasteiger partial charge in [0.2, 0.25) is 0 Å². The quantitative estimate of drug-likeness (QED) is 0.107. The summed E-state index contributed by atoms with van der Waals surface area (Å²) in [5, 5.41) is 22.4. The van der Waals surface area contributed by atoms with E-state index in [-0.39, 0.29) is 72.8 Å². The summed E-state index contributed by atoms with van der Waals surface area (Å²) in [6.45, 7) is 19.8.